The molecule has 0 unspecified atom stereocenters. The molecule has 0 radical (unpaired) electrons. The molecular weight excluding hydrogens is 192 g/mol. The minimum Gasteiger partial charge on any atom is -0.465 e. The number of nitrogens with two attached hydrogens (primary N) is 1. The van der Waals surface area contributed by atoms with Crippen LogP contribution in [0.4, 0.5) is 5.69 Å². The molecule has 2 N–H and O–H groups in total. The van der Waals surface area contributed by atoms with Gasteiger partial charge in [0, 0.05) is 7.05 Å². The number of carbonyl (C=O) groups excluding carboxylic acids is 1. The summed E-state index contributed by atoms with van der Waals surface area (Å²) in [7, 11) is 3.07. The van der Waals surface area contributed by atoms with Gasteiger partial charge >= 0.3 is 5.97 Å². The van der Waals surface area contributed by atoms with Crippen LogP contribution in [0.2, 0.25) is 0 Å². The van der Waals surface area contributed by atoms with Crippen molar-refractivity contribution in [3.63, 3.8) is 0 Å². The molecule has 1 rings (SSSR count). The number of hydrogen-bond donors (Lipinski definition) is 1. The molecule has 0 saturated heterocycles. The highest BCUT2D eigenvalue weighted by Gasteiger charge is 2.18. The molecule has 1 aromatic rings. The number of ether oxygens (including phenoxy) is 1. The number of rotatable bonds is 2. The molecule has 0 saturated carbocycles. The smallest absolute Gasteiger partial charge is 0.340 e. The van der Waals surface area contributed by atoms with E-state index >= 15 is 0 Å². The van der Waals surface area contributed by atoms with Gasteiger partial charge in [0.1, 0.15) is 0 Å². The first-order chi connectivity index (χ1) is 6.99. The van der Waals surface area contributed by atoms with Gasteiger partial charge in [0.25, 0.3) is 0 Å². The maximum absolute atomic E-state index is 11.6. The molecule has 4 heteroatoms. The van der Waals surface area contributed by atoms with Crippen molar-refractivity contribution in [2.45, 2.75) is 13.8 Å². The summed E-state index contributed by atoms with van der Waals surface area (Å²) in [5.74, 6) is 5.34. The zero-order valence-corrected chi connectivity index (χ0v) is 9.50. The summed E-state index contributed by atoms with van der Waals surface area (Å²) in [6.45, 7) is 3.77. The van der Waals surface area contributed by atoms with Crippen LogP contribution in [0.3, 0.4) is 0 Å². The van der Waals surface area contributed by atoms with Crippen LogP contribution in [0.25, 0.3) is 0 Å². The maximum atomic E-state index is 11.6. The third-order valence-corrected chi connectivity index (χ3v) is 2.33. The number of hydrogen-bond acceptors (Lipinski definition) is 4. The highest BCUT2D eigenvalue weighted by Crippen LogP contribution is 2.26. The number of carbonyl (C=O) groups is 1. The maximum Gasteiger partial charge on any atom is 0.340 e. The van der Waals surface area contributed by atoms with Crippen LogP contribution >= 0.6 is 0 Å². The third-order valence-electron chi connectivity index (χ3n) is 2.33. The largest absolute Gasteiger partial charge is 0.465 e. The van der Waals surface area contributed by atoms with Gasteiger partial charge in [-0.2, -0.15) is 0 Å². The van der Waals surface area contributed by atoms with E-state index in [0.29, 0.717) is 11.3 Å². The Morgan fingerprint density at radius 3 is 2.33 bits per heavy atom. The van der Waals surface area contributed by atoms with Crippen molar-refractivity contribution in [1.29, 1.82) is 0 Å². The molecule has 0 heterocycles. The number of aryl methyl sites for hydroxylation is 2. The van der Waals surface area contributed by atoms with Gasteiger partial charge in [-0.15, -0.1) is 0 Å². The first-order valence-electron chi connectivity index (χ1n) is 4.66. The topological polar surface area (TPSA) is 55.6 Å². The van der Waals surface area contributed by atoms with E-state index in [9.17, 15) is 4.79 Å². The van der Waals surface area contributed by atoms with Gasteiger partial charge in [-0.25, -0.2) is 10.6 Å². The van der Waals surface area contributed by atoms with Crippen molar-refractivity contribution >= 4 is 11.7 Å². The van der Waals surface area contributed by atoms with E-state index in [0.717, 1.165) is 11.1 Å². The van der Waals surface area contributed by atoms with Crippen LogP contribution in [0.1, 0.15) is 21.5 Å². The lowest BCUT2D eigenvalue weighted by Gasteiger charge is -2.20. The van der Waals surface area contributed by atoms with Gasteiger partial charge in [-0.3, -0.25) is 0 Å². The standard InChI is InChI=1S/C11H16N2O2/c1-7-5-6-8(2)10(13(3)12)9(7)11(14)15-4/h5-6H,12H2,1-4H3. The average Bonchev–Trinajstić information content (AvgIpc) is 2.19. The molecule has 0 aliphatic heterocycles. The molecule has 15 heavy (non-hydrogen) atoms. The van der Waals surface area contributed by atoms with E-state index < -0.39 is 0 Å². The normalized spacial score (nSPS) is 9.93. The lowest BCUT2D eigenvalue weighted by molar-refractivity contribution is 0.0600. The second kappa shape index (κ2) is 4.31. The van der Waals surface area contributed by atoms with Crippen molar-refractivity contribution < 1.29 is 9.53 Å². The quantitative estimate of drug-likeness (QED) is 0.453. The molecule has 0 fully saturated rings. The Bertz CT molecular complexity index is 386. The van der Waals surface area contributed by atoms with E-state index in [-0.39, 0.29) is 5.97 Å². The Morgan fingerprint density at radius 2 is 1.87 bits per heavy atom. The van der Waals surface area contributed by atoms with E-state index in [1.54, 1.807) is 7.05 Å². The molecule has 0 aromatic heterocycles. The fourth-order valence-corrected chi connectivity index (χ4v) is 1.61. The van der Waals surface area contributed by atoms with Crippen molar-refractivity contribution in [2.24, 2.45) is 5.84 Å². The summed E-state index contributed by atoms with van der Waals surface area (Å²) in [4.78, 5) is 11.6. The number of benzene rings is 1. The van der Waals surface area contributed by atoms with Crippen LogP contribution in [-0.2, 0) is 4.74 Å². The molecule has 0 atom stereocenters. The Labute approximate surface area is 89.6 Å². The van der Waals surface area contributed by atoms with Crippen LogP contribution in [0.5, 0.6) is 0 Å². The zero-order valence-electron chi connectivity index (χ0n) is 9.50. The Balaban J connectivity index is 3.45. The second-order valence-corrected chi connectivity index (χ2v) is 3.53. The molecule has 82 valence electrons. The molecular formula is C11H16N2O2. The first kappa shape index (κ1) is 11.5. The zero-order chi connectivity index (χ0) is 11.6. The van der Waals surface area contributed by atoms with E-state index in [4.69, 9.17) is 10.6 Å². The van der Waals surface area contributed by atoms with E-state index in [2.05, 4.69) is 0 Å². The Kier molecular flexibility index (Phi) is 3.31. The Morgan fingerprint density at radius 1 is 1.33 bits per heavy atom. The molecule has 0 aliphatic carbocycles. The van der Waals surface area contributed by atoms with Gasteiger partial charge in [0.15, 0.2) is 0 Å². The van der Waals surface area contributed by atoms with Gasteiger partial charge in [-0.05, 0) is 25.0 Å². The van der Waals surface area contributed by atoms with Crippen LogP contribution < -0.4 is 10.9 Å². The fraction of sp³-hybridized carbons (Fsp3) is 0.364. The van der Waals surface area contributed by atoms with Crippen molar-refractivity contribution in [3.8, 4) is 0 Å². The van der Waals surface area contributed by atoms with Gasteiger partial charge in [-0.1, -0.05) is 12.1 Å². The number of anilines is 1. The molecule has 0 spiro atoms. The van der Waals surface area contributed by atoms with Crippen molar-refractivity contribution in [2.75, 3.05) is 19.2 Å². The highest BCUT2D eigenvalue weighted by atomic mass is 16.5. The number of hydrazine groups is 1. The Hall–Kier alpha value is -1.55. The minimum atomic E-state index is -0.358. The average molecular weight is 208 g/mol. The van der Waals surface area contributed by atoms with Gasteiger partial charge in [0.2, 0.25) is 0 Å². The van der Waals surface area contributed by atoms with Crippen molar-refractivity contribution in [3.05, 3.63) is 28.8 Å². The summed E-state index contributed by atoms with van der Waals surface area (Å²) >= 11 is 0. The highest BCUT2D eigenvalue weighted by molar-refractivity contribution is 5.98. The monoisotopic (exact) mass is 208 g/mol. The third kappa shape index (κ3) is 2.10. The predicted molar refractivity (Wildman–Crippen MR) is 59.8 cm³/mol. The molecule has 4 nitrogen and oxygen atoms in total. The second-order valence-electron chi connectivity index (χ2n) is 3.53. The molecule has 0 amide bonds. The number of nitrogens with zero attached hydrogens (tertiary/aromatic N) is 1. The number of methoxy groups -OCH3 is 1. The predicted octanol–water partition coefficient (Wildman–Crippen LogP) is 1.40. The number of esters is 1. The SMILES string of the molecule is COC(=O)c1c(C)ccc(C)c1N(C)N. The summed E-state index contributed by atoms with van der Waals surface area (Å²) in [6, 6.07) is 3.81. The van der Waals surface area contributed by atoms with Gasteiger partial charge in [0.05, 0.1) is 18.4 Å². The summed E-state index contributed by atoms with van der Waals surface area (Å²) in [5, 5.41) is 1.44. The van der Waals surface area contributed by atoms with Crippen molar-refractivity contribution in [1.82, 2.24) is 0 Å². The lowest BCUT2D eigenvalue weighted by Crippen LogP contribution is -2.28. The minimum absolute atomic E-state index is 0.358. The first-order valence-corrected chi connectivity index (χ1v) is 4.66. The van der Waals surface area contributed by atoms with Gasteiger partial charge < -0.3 is 9.75 Å². The summed E-state index contributed by atoms with van der Waals surface area (Å²) in [6.07, 6.45) is 0. The summed E-state index contributed by atoms with van der Waals surface area (Å²) < 4.78 is 4.74. The molecule has 1 aromatic carbocycles. The van der Waals surface area contributed by atoms with E-state index in [1.165, 1.54) is 12.1 Å². The lowest BCUT2D eigenvalue weighted by atomic mass is 10.0. The molecule has 0 aliphatic rings. The van der Waals surface area contributed by atoms with Crippen LogP contribution in [0.15, 0.2) is 12.1 Å². The van der Waals surface area contributed by atoms with Crippen LogP contribution in [0, 0.1) is 13.8 Å². The molecule has 0 bridgehead atoms. The van der Waals surface area contributed by atoms with Crippen LogP contribution in [-0.4, -0.2) is 20.1 Å². The van der Waals surface area contributed by atoms with E-state index in [1.807, 2.05) is 26.0 Å². The fourth-order valence-electron chi connectivity index (χ4n) is 1.61. The summed E-state index contributed by atoms with van der Waals surface area (Å²) in [5.41, 5.74) is 3.05.